The molecule has 3 nitrogen and oxygen atoms in total. The second-order valence-corrected chi connectivity index (χ2v) is 6.39. The van der Waals surface area contributed by atoms with Gasteiger partial charge in [0.25, 0.3) is 0 Å². The number of nitrogens with one attached hydrogen (secondary N) is 1. The number of carbonyl (C=O) groups is 1. The number of aromatic amines is 1. The third kappa shape index (κ3) is 3.75. The molecule has 1 aromatic carbocycles. The predicted octanol–water partition coefficient (Wildman–Crippen LogP) is 4.18. The van der Waals surface area contributed by atoms with Gasteiger partial charge in [0, 0.05) is 5.69 Å². The van der Waals surface area contributed by atoms with Crippen LogP contribution in [0.4, 0.5) is 0 Å². The fraction of sp³-hybridized carbons (Fsp3) is 0.389. The molecule has 1 aromatic heterocycles. The number of esters is 1. The van der Waals surface area contributed by atoms with Gasteiger partial charge in [0.15, 0.2) is 0 Å². The molecule has 112 valence electrons. The average Bonchev–Trinajstić information content (AvgIpc) is 2.66. The van der Waals surface area contributed by atoms with Crippen LogP contribution in [0, 0.1) is 13.8 Å². The Labute approximate surface area is 126 Å². The van der Waals surface area contributed by atoms with Crippen LogP contribution < -0.4 is 0 Å². The van der Waals surface area contributed by atoms with E-state index in [1.54, 1.807) is 0 Å². The third-order valence-electron chi connectivity index (χ3n) is 3.42. The van der Waals surface area contributed by atoms with E-state index in [2.05, 4.69) is 17.1 Å². The SMILES string of the molecule is Cc1[nH]c(C(=O)OC(C)(C)C)c(C)c1Cc1ccccc1. The Morgan fingerprint density at radius 2 is 1.76 bits per heavy atom. The van der Waals surface area contributed by atoms with Crippen LogP contribution in [0.15, 0.2) is 30.3 Å². The van der Waals surface area contributed by atoms with Crippen LogP contribution in [-0.2, 0) is 11.2 Å². The van der Waals surface area contributed by atoms with E-state index in [1.807, 2.05) is 52.8 Å². The molecule has 0 atom stereocenters. The minimum atomic E-state index is -0.484. The molecule has 0 radical (unpaired) electrons. The van der Waals surface area contributed by atoms with Crippen LogP contribution in [-0.4, -0.2) is 16.6 Å². The average molecular weight is 285 g/mol. The number of H-pyrrole nitrogens is 1. The number of ether oxygens (including phenoxy) is 1. The maximum atomic E-state index is 12.2. The molecule has 0 aliphatic rings. The molecule has 0 aliphatic carbocycles. The van der Waals surface area contributed by atoms with Crippen molar-refractivity contribution >= 4 is 5.97 Å². The van der Waals surface area contributed by atoms with Crippen LogP contribution >= 0.6 is 0 Å². The maximum absolute atomic E-state index is 12.2. The minimum absolute atomic E-state index is 0.289. The van der Waals surface area contributed by atoms with Gasteiger partial charge in [-0.3, -0.25) is 0 Å². The molecule has 0 unspecified atom stereocenters. The van der Waals surface area contributed by atoms with Crippen molar-refractivity contribution in [3.63, 3.8) is 0 Å². The van der Waals surface area contributed by atoms with E-state index in [4.69, 9.17) is 4.74 Å². The molecule has 0 spiro atoms. The van der Waals surface area contributed by atoms with Crippen molar-refractivity contribution in [2.45, 2.75) is 46.6 Å². The van der Waals surface area contributed by atoms with E-state index in [0.717, 1.165) is 17.7 Å². The first-order valence-electron chi connectivity index (χ1n) is 7.23. The molecule has 0 saturated carbocycles. The lowest BCUT2D eigenvalue weighted by molar-refractivity contribution is 0.00626. The highest BCUT2D eigenvalue weighted by atomic mass is 16.6. The van der Waals surface area contributed by atoms with Crippen LogP contribution in [0.2, 0.25) is 0 Å². The molecule has 1 N–H and O–H groups in total. The zero-order chi connectivity index (χ0) is 15.6. The first kappa shape index (κ1) is 15.4. The largest absolute Gasteiger partial charge is 0.455 e. The molecule has 2 rings (SSSR count). The number of carbonyl (C=O) groups excluding carboxylic acids is 1. The van der Waals surface area contributed by atoms with Crippen molar-refractivity contribution in [1.29, 1.82) is 0 Å². The number of aromatic nitrogens is 1. The summed E-state index contributed by atoms with van der Waals surface area (Å²) in [6.45, 7) is 9.60. The molecule has 1 heterocycles. The van der Waals surface area contributed by atoms with Crippen LogP contribution in [0.1, 0.15) is 53.6 Å². The van der Waals surface area contributed by atoms with Gasteiger partial charge in [-0.2, -0.15) is 0 Å². The van der Waals surface area contributed by atoms with Crippen molar-refractivity contribution in [2.24, 2.45) is 0 Å². The first-order valence-corrected chi connectivity index (χ1v) is 7.23. The number of hydrogen-bond donors (Lipinski definition) is 1. The summed E-state index contributed by atoms with van der Waals surface area (Å²) in [6, 6.07) is 10.3. The smallest absolute Gasteiger partial charge is 0.355 e. The van der Waals surface area contributed by atoms with E-state index in [1.165, 1.54) is 11.1 Å². The Balaban J connectivity index is 2.28. The van der Waals surface area contributed by atoms with Crippen LogP contribution in [0.25, 0.3) is 0 Å². The van der Waals surface area contributed by atoms with E-state index >= 15 is 0 Å². The minimum Gasteiger partial charge on any atom is -0.455 e. The summed E-state index contributed by atoms with van der Waals surface area (Å²) in [7, 11) is 0. The maximum Gasteiger partial charge on any atom is 0.355 e. The Bertz CT molecular complexity index is 633. The van der Waals surface area contributed by atoms with Gasteiger partial charge >= 0.3 is 5.97 Å². The van der Waals surface area contributed by atoms with Gasteiger partial charge in [-0.1, -0.05) is 30.3 Å². The molecule has 0 fully saturated rings. The molecule has 2 aromatic rings. The van der Waals surface area contributed by atoms with Gasteiger partial charge in [-0.15, -0.1) is 0 Å². The fourth-order valence-corrected chi connectivity index (χ4v) is 2.39. The Kier molecular flexibility index (Phi) is 4.21. The lowest BCUT2D eigenvalue weighted by Crippen LogP contribution is -2.24. The van der Waals surface area contributed by atoms with Gasteiger partial charge in [-0.05, 0) is 57.7 Å². The molecule has 21 heavy (non-hydrogen) atoms. The van der Waals surface area contributed by atoms with Crippen molar-refractivity contribution in [3.05, 3.63) is 58.4 Å². The normalized spacial score (nSPS) is 11.5. The summed E-state index contributed by atoms with van der Waals surface area (Å²) in [6.07, 6.45) is 0.817. The highest BCUT2D eigenvalue weighted by molar-refractivity contribution is 5.90. The van der Waals surface area contributed by atoms with Crippen molar-refractivity contribution in [1.82, 2.24) is 4.98 Å². The number of rotatable bonds is 3. The van der Waals surface area contributed by atoms with Gasteiger partial charge in [0.05, 0.1) is 0 Å². The van der Waals surface area contributed by atoms with Crippen molar-refractivity contribution < 1.29 is 9.53 Å². The molecule has 0 bridgehead atoms. The lowest BCUT2D eigenvalue weighted by atomic mass is 10.0. The zero-order valence-electron chi connectivity index (χ0n) is 13.4. The summed E-state index contributed by atoms with van der Waals surface area (Å²) >= 11 is 0. The monoisotopic (exact) mass is 285 g/mol. The second-order valence-electron chi connectivity index (χ2n) is 6.39. The van der Waals surface area contributed by atoms with Crippen molar-refractivity contribution in [3.8, 4) is 0 Å². The number of benzene rings is 1. The lowest BCUT2D eigenvalue weighted by Gasteiger charge is -2.19. The Hall–Kier alpha value is -2.03. The van der Waals surface area contributed by atoms with E-state index in [9.17, 15) is 4.79 Å². The molecule has 0 saturated heterocycles. The quantitative estimate of drug-likeness (QED) is 0.860. The topological polar surface area (TPSA) is 42.1 Å². The molecule has 0 aliphatic heterocycles. The van der Waals surface area contributed by atoms with Gasteiger partial charge in [-0.25, -0.2) is 4.79 Å². The summed E-state index contributed by atoms with van der Waals surface area (Å²) in [5.41, 5.74) is 4.49. The zero-order valence-corrected chi connectivity index (χ0v) is 13.4. The highest BCUT2D eigenvalue weighted by Gasteiger charge is 2.23. The Morgan fingerprint density at radius 1 is 1.14 bits per heavy atom. The van der Waals surface area contributed by atoms with Gasteiger partial charge < -0.3 is 9.72 Å². The summed E-state index contributed by atoms with van der Waals surface area (Å²) in [4.78, 5) is 15.4. The van der Waals surface area contributed by atoms with E-state index in [-0.39, 0.29) is 5.97 Å². The second kappa shape index (κ2) is 5.76. The van der Waals surface area contributed by atoms with Crippen LogP contribution in [0.5, 0.6) is 0 Å². The first-order chi connectivity index (χ1) is 9.78. The molecular weight excluding hydrogens is 262 g/mol. The summed E-state index contributed by atoms with van der Waals surface area (Å²) in [5.74, 6) is -0.289. The molecular formula is C18H23NO2. The molecule has 3 heteroatoms. The van der Waals surface area contributed by atoms with Crippen molar-refractivity contribution in [2.75, 3.05) is 0 Å². The summed E-state index contributed by atoms with van der Waals surface area (Å²) < 4.78 is 5.45. The molecule has 0 amide bonds. The summed E-state index contributed by atoms with van der Waals surface area (Å²) in [5, 5.41) is 0. The van der Waals surface area contributed by atoms with Gasteiger partial charge in [0.1, 0.15) is 11.3 Å². The highest BCUT2D eigenvalue weighted by Crippen LogP contribution is 2.23. The Morgan fingerprint density at radius 3 is 2.33 bits per heavy atom. The standard InChI is InChI=1S/C18H23NO2/c1-12-15(11-14-9-7-6-8-10-14)13(2)19-16(12)17(20)21-18(3,4)5/h6-10,19H,11H2,1-5H3. The number of hydrogen-bond acceptors (Lipinski definition) is 2. The van der Waals surface area contributed by atoms with Gasteiger partial charge in [0.2, 0.25) is 0 Å². The van der Waals surface area contributed by atoms with E-state index in [0.29, 0.717) is 5.69 Å². The fourth-order valence-electron chi connectivity index (χ4n) is 2.39. The number of aryl methyl sites for hydroxylation is 1. The third-order valence-corrected chi connectivity index (χ3v) is 3.42. The van der Waals surface area contributed by atoms with E-state index < -0.39 is 5.60 Å². The predicted molar refractivity (Wildman–Crippen MR) is 84.7 cm³/mol. The van der Waals surface area contributed by atoms with Crippen LogP contribution in [0.3, 0.4) is 0 Å².